The molecule has 5 N–H and O–H groups in total. The van der Waals surface area contributed by atoms with E-state index in [4.69, 9.17) is 11.0 Å². The van der Waals surface area contributed by atoms with Crippen LogP contribution in [0.5, 0.6) is 0 Å². The lowest BCUT2D eigenvalue weighted by atomic mass is 9.77. The Balaban J connectivity index is 1.72. The number of nitrogens with zero attached hydrogens (tertiary/aromatic N) is 2. The van der Waals surface area contributed by atoms with E-state index in [2.05, 4.69) is 10.6 Å². The number of urea groups is 1. The Kier molecular flexibility index (Phi) is 6.57. The van der Waals surface area contributed by atoms with Crippen LogP contribution in [-0.4, -0.2) is 51.9 Å². The van der Waals surface area contributed by atoms with Gasteiger partial charge in [0, 0.05) is 18.6 Å². The zero-order valence-electron chi connectivity index (χ0n) is 18.8. The number of primary amides is 1. The molecule has 2 saturated heterocycles. The number of carbonyl (C=O) groups excluding carboxylic acids is 3. The highest BCUT2D eigenvalue weighted by molar-refractivity contribution is 6.09. The maximum absolute atomic E-state index is 13.7. The fourth-order valence-electron chi connectivity index (χ4n) is 5.89. The summed E-state index contributed by atoms with van der Waals surface area (Å²) in [4.78, 5) is 52.5. The molecule has 1 saturated carbocycles. The molecule has 0 bridgehead atoms. The number of carboxylic acids is 1. The number of carboxylic acid groups (broad SMARTS) is 1. The second-order valence-electron chi connectivity index (χ2n) is 9.37. The zero-order chi connectivity index (χ0) is 24.5. The van der Waals surface area contributed by atoms with Crippen LogP contribution in [0, 0.1) is 23.2 Å². The van der Waals surface area contributed by atoms with E-state index in [1.54, 1.807) is 24.3 Å². The summed E-state index contributed by atoms with van der Waals surface area (Å²) in [5, 5.41) is 25.1. The number of rotatable bonds is 7. The van der Waals surface area contributed by atoms with Crippen molar-refractivity contribution in [3.63, 3.8) is 0 Å². The lowest BCUT2D eigenvalue weighted by molar-refractivity contribution is -0.153. The Morgan fingerprint density at radius 3 is 2.44 bits per heavy atom. The Morgan fingerprint density at radius 1 is 1.18 bits per heavy atom. The maximum Gasteiger partial charge on any atom is 0.324 e. The average molecular weight is 468 g/mol. The first-order valence-electron chi connectivity index (χ1n) is 11.7. The second kappa shape index (κ2) is 9.43. The molecule has 1 aromatic carbocycles. The molecule has 4 rings (SSSR count). The molecule has 4 amide bonds. The van der Waals surface area contributed by atoms with Gasteiger partial charge in [-0.1, -0.05) is 31.4 Å². The molecule has 3 fully saturated rings. The van der Waals surface area contributed by atoms with Gasteiger partial charge in [0.05, 0.1) is 23.5 Å². The van der Waals surface area contributed by atoms with Crippen molar-refractivity contribution >= 4 is 23.8 Å². The van der Waals surface area contributed by atoms with Crippen LogP contribution >= 0.6 is 0 Å². The predicted molar refractivity (Wildman–Crippen MR) is 120 cm³/mol. The molecule has 0 radical (unpaired) electrons. The van der Waals surface area contributed by atoms with Crippen LogP contribution in [0.4, 0.5) is 4.79 Å². The third-order valence-corrected chi connectivity index (χ3v) is 7.46. The minimum Gasteiger partial charge on any atom is -0.480 e. The number of nitrogens with two attached hydrogens (primary N) is 1. The molecule has 1 aromatic rings. The summed E-state index contributed by atoms with van der Waals surface area (Å²) in [7, 11) is 0. The van der Waals surface area contributed by atoms with E-state index in [1.807, 2.05) is 6.07 Å². The van der Waals surface area contributed by atoms with E-state index in [-0.39, 0.29) is 31.3 Å². The molecule has 34 heavy (non-hydrogen) atoms. The fourth-order valence-corrected chi connectivity index (χ4v) is 5.89. The Labute approximate surface area is 197 Å². The van der Waals surface area contributed by atoms with E-state index in [9.17, 15) is 24.3 Å². The van der Waals surface area contributed by atoms with Gasteiger partial charge in [-0.3, -0.25) is 24.6 Å². The summed E-state index contributed by atoms with van der Waals surface area (Å²) < 4.78 is 0. The standard InChI is InChI=1S/C24H29N5O5/c25-13-14-7-9-15(10-8-14)19-17-18(21(31)29(20(17)30)16-5-2-1-3-6-16)24(28-19,22(32)33)11-4-12-27-23(26)34/h7-10,16-19,28H,1-6,11-12H2,(H,32,33)(H3,26,27,34). The minimum atomic E-state index is -1.67. The Hall–Kier alpha value is -3.45. The average Bonchev–Trinajstić information content (AvgIpc) is 3.31. The highest BCUT2D eigenvalue weighted by Crippen LogP contribution is 2.51. The highest BCUT2D eigenvalue weighted by atomic mass is 16.4. The largest absolute Gasteiger partial charge is 0.480 e. The highest BCUT2D eigenvalue weighted by Gasteiger charge is 2.68. The van der Waals surface area contributed by atoms with E-state index in [0.717, 1.165) is 32.1 Å². The van der Waals surface area contributed by atoms with Crippen LogP contribution in [0.1, 0.15) is 62.1 Å². The van der Waals surface area contributed by atoms with E-state index >= 15 is 0 Å². The quantitative estimate of drug-likeness (QED) is 0.347. The van der Waals surface area contributed by atoms with Gasteiger partial charge in [-0.2, -0.15) is 5.26 Å². The molecule has 4 unspecified atom stereocenters. The number of likely N-dealkylation sites (tertiary alicyclic amines) is 1. The molecule has 0 aromatic heterocycles. The lowest BCUT2D eigenvalue weighted by Gasteiger charge is -2.34. The maximum atomic E-state index is 13.7. The van der Waals surface area contributed by atoms with Crippen molar-refractivity contribution in [3.8, 4) is 6.07 Å². The summed E-state index contributed by atoms with van der Waals surface area (Å²) in [6.07, 6.45) is 4.67. The number of imide groups is 1. The molecule has 0 spiro atoms. The lowest BCUT2D eigenvalue weighted by Crippen LogP contribution is -2.56. The predicted octanol–water partition coefficient (Wildman–Crippen LogP) is 1.41. The van der Waals surface area contributed by atoms with Crippen molar-refractivity contribution in [1.29, 1.82) is 5.26 Å². The molecule has 4 atom stereocenters. The molecule has 10 nitrogen and oxygen atoms in total. The van der Waals surface area contributed by atoms with Gasteiger partial charge in [-0.15, -0.1) is 0 Å². The summed E-state index contributed by atoms with van der Waals surface area (Å²) in [5.74, 6) is -3.89. The molecule has 180 valence electrons. The molecular formula is C24H29N5O5. The van der Waals surface area contributed by atoms with Crippen molar-refractivity contribution in [2.45, 2.75) is 62.6 Å². The molecule has 3 aliphatic rings. The summed E-state index contributed by atoms with van der Waals surface area (Å²) in [6, 6.07) is 7.06. The number of carbonyl (C=O) groups is 4. The van der Waals surface area contributed by atoms with Gasteiger partial charge in [0.1, 0.15) is 5.54 Å². The van der Waals surface area contributed by atoms with Gasteiger partial charge in [0.2, 0.25) is 11.8 Å². The monoisotopic (exact) mass is 467 g/mol. The van der Waals surface area contributed by atoms with Crippen molar-refractivity contribution in [1.82, 2.24) is 15.5 Å². The number of hydrogen-bond acceptors (Lipinski definition) is 6. The number of aliphatic carboxylic acids is 1. The number of amides is 4. The Bertz CT molecular complexity index is 1030. The van der Waals surface area contributed by atoms with Crippen LogP contribution < -0.4 is 16.4 Å². The second-order valence-corrected chi connectivity index (χ2v) is 9.37. The van der Waals surface area contributed by atoms with Crippen molar-refractivity contribution < 1.29 is 24.3 Å². The molecule has 10 heteroatoms. The van der Waals surface area contributed by atoms with Gasteiger partial charge >= 0.3 is 12.0 Å². The third kappa shape index (κ3) is 4.01. The summed E-state index contributed by atoms with van der Waals surface area (Å²) in [6.45, 7) is 0.152. The van der Waals surface area contributed by atoms with Crippen molar-refractivity contribution in [2.24, 2.45) is 17.6 Å². The number of nitriles is 1. The van der Waals surface area contributed by atoms with Crippen LogP contribution in [0.15, 0.2) is 24.3 Å². The van der Waals surface area contributed by atoms with Crippen LogP contribution in [0.25, 0.3) is 0 Å². The molecular weight excluding hydrogens is 438 g/mol. The smallest absolute Gasteiger partial charge is 0.324 e. The molecule has 2 aliphatic heterocycles. The fraction of sp³-hybridized carbons (Fsp3) is 0.542. The zero-order valence-corrected chi connectivity index (χ0v) is 18.8. The Morgan fingerprint density at radius 2 is 1.85 bits per heavy atom. The number of hydrogen-bond donors (Lipinski definition) is 4. The molecule has 1 aliphatic carbocycles. The first-order chi connectivity index (χ1) is 16.3. The SMILES string of the molecule is N#Cc1ccc(C2NC(CCCNC(N)=O)(C(=O)O)C3C(=O)N(C4CCCCC4)C(=O)C23)cc1. The van der Waals surface area contributed by atoms with E-state index in [1.165, 1.54) is 4.90 Å². The van der Waals surface area contributed by atoms with Gasteiger partial charge in [0.25, 0.3) is 0 Å². The minimum absolute atomic E-state index is 0.0358. The third-order valence-electron chi connectivity index (χ3n) is 7.46. The van der Waals surface area contributed by atoms with Gasteiger partial charge in [0.15, 0.2) is 0 Å². The normalized spacial score (nSPS) is 29.0. The van der Waals surface area contributed by atoms with Gasteiger partial charge < -0.3 is 16.2 Å². The first-order valence-corrected chi connectivity index (χ1v) is 11.7. The van der Waals surface area contributed by atoms with Crippen LogP contribution in [0.2, 0.25) is 0 Å². The van der Waals surface area contributed by atoms with Gasteiger partial charge in [-0.05, 0) is 43.4 Å². The van der Waals surface area contributed by atoms with Crippen molar-refractivity contribution in [3.05, 3.63) is 35.4 Å². The van der Waals surface area contributed by atoms with Crippen LogP contribution in [-0.2, 0) is 14.4 Å². The van der Waals surface area contributed by atoms with E-state index in [0.29, 0.717) is 11.1 Å². The van der Waals surface area contributed by atoms with Crippen LogP contribution in [0.3, 0.4) is 0 Å². The number of nitrogens with one attached hydrogen (secondary N) is 2. The topological polar surface area (TPSA) is 166 Å². The van der Waals surface area contributed by atoms with E-state index < -0.39 is 41.3 Å². The van der Waals surface area contributed by atoms with Gasteiger partial charge in [-0.25, -0.2) is 4.79 Å². The van der Waals surface area contributed by atoms with Crippen molar-refractivity contribution in [2.75, 3.05) is 6.54 Å². The number of fused-ring (bicyclic) bond motifs is 1. The molecule has 2 heterocycles. The summed E-state index contributed by atoms with van der Waals surface area (Å²) >= 11 is 0. The summed E-state index contributed by atoms with van der Waals surface area (Å²) in [5.41, 5.74) is 4.54. The first kappa shape index (κ1) is 23.7. The number of benzene rings is 1.